The van der Waals surface area contributed by atoms with E-state index in [9.17, 15) is 12.9 Å². The van der Waals surface area contributed by atoms with Crippen molar-refractivity contribution >= 4 is 10.1 Å². The topological polar surface area (TPSA) is 43.4 Å². The van der Waals surface area contributed by atoms with Gasteiger partial charge in [-0.1, -0.05) is 17.7 Å². The van der Waals surface area contributed by atoms with E-state index < -0.39 is 10.1 Å². The van der Waals surface area contributed by atoms with E-state index in [0.717, 1.165) is 0 Å². The first kappa shape index (κ1) is 12.4. The number of hydrogen-bond donors (Lipinski definition) is 0. The highest BCUT2D eigenvalue weighted by atomic mass is 32.2. The van der Waals surface area contributed by atoms with Crippen LogP contribution in [0.4, 0.5) is 9.23 Å². The summed E-state index contributed by atoms with van der Waals surface area (Å²) in [7, 11) is -3.85. The molecule has 6 heteroatoms. The molecule has 0 aromatic heterocycles. The minimum atomic E-state index is -3.85. The minimum absolute atomic E-state index is 0. The molecule has 0 bridgehead atoms. The van der Waals surface area contributed by atoms with Crippen molar-refractivity contribution < 1.29 is 22.0 Å². The van der Waals surface area contributed by atoms with Crippen molar-refractivity contribution in [2.24, 2.45) is 0 Å². The van der Waals surface area contributed by atoms with Gasteiger partial charge in [-0.15, -0.1) is 0 Å². The van der Waals surface area contributed by atoms with Gasteiger partial charge in [0.15, 0.2) is 0 Å². The second-order valence-corrected chi connectivity index (χ2v) is 3.33. The Morgan fingerprint density at radius 2 is 2.00 bits per heavy atom. The lowest BCUT2D eigenvalue weighted by atomic mass is 10.4. The Balaban J connectivity index is 0. The Labute approximate surface area is 58.6 Å². The van der Waals surface area contributed by atoms with Gasteiger partial charge in [-0.3, -0.25) is 4.70 Å². The first-order chi connectivity index (χ1) is 4.12. The van der Waals surface area contributed by atoms with Crippen LogP contribution in [-0.2, 0) is 14.5 Å². The Hall–Kier alpha value is -0.230. The third-order valence-electron chi connectivity index (χ3n) is 0.844. The standard InChI is InChI=1S/C4H9FO3S.FH/c1-2-3-4-9(6,7)8-5;/h2-4H2,1H3;1H. The summed E-state index contributed by atoms with van der Waals surface area (Å²) < 4.78 is 34.0. The molecule has 0 N–H and O–H groups in total. The molecule has 0 aliphatic heterocycles. The summed E-state index contributed by atoms with van der Waals surface area (Å²) in [6.45, 7) is 1.81. The van der Waals surface area contributed by atoms with Gasteiger partial charge >= 0.3 is 0 Å². The van der Waals surface area contributed by atoms with Gasteiger partial charge in [-0.25, -0.2) is 0 Å². The molecule has 0 saturated heterocycles. The van der Waals surface area contributed by atoms with Crippen LogP contribution < -0.4 is 0 Å². The van der Waals surface area contributed by atoms with Crippen LogP contribution in [0.1, 0.15) is 19.8 Å². The van der Waals surface area contributed by atoms with Gasteiger partial charge < -0.3 is 0 Å². The molecular weight excluding hydrogens is 166 g/mol. The minimum Gasteiger partial charge on any atom is -0.269 e. The van der Waals surface area contributed by atoms with Gasteiger partial charge in [0.2, 0.25) is 0 Å². The van der Waals surface area contributed by atoms with E-state index in [1.54, 1.807) is 0 Å². The molecule has 0 amide bonds. The number of unbranched alkanes of at least 4 members (excludes halogenated alkanes) is 1. The maximum absolute atomic E-state index is 11.0. The SMILES string of the molecule is CCCCS(=O)(=O)OF.F. The summed E-state index contributed by atoms with van der Waals surface area (Å²) in [6, 6.07) is 0. The molecule has 64 valence electrons. The van der Waals surface area contributed by atoms with Crippen molar-refractivity contribution in [1.82, 2.24) is 0 Å². The maximum atomic E-state index is 11.0. The third-order valence-corrected chi connectivity index (χ3v) is 1.82. The van der Waals surface area contributed by atoms with Gasteiger partial charge in [0.25, 0.3) is 10.1 Å². The van der Waals surface area contributed by atoms with Crippen molar-refractivity contribution in [3.63, 3.8) is 0 Å². The van der Waals surface area contributed by atoms with Crippen molar-refractivity contribution in [2.75, 3.05) is 5.75 Å². The van der Waals surface area contributed by atoms with Crippen molar-refractivity contribution in [2.45, 2.75) is 19.8 Å². The molecule has 0 radical (unpaired) electrons. The molecule has 3 nitrogen and oxygen atoms in total. The van der Waals surface area contributed by atoms with Gasteiger partial charge in [0.05, 0.1) is 5.75 Å². The van der Waals surface area contributed by atoms with E-state index in [-0.39, 0.29) is 10.5 Å². The van der Waals surface area contributed by atoms with Crippen molar-refractivity contribution in [3.8, 4) is 0 Å². The highest BCUT2D eigenvalue weighted by molar-refractivity contribution is 7.86. The predicted octanol–water partition coefficient (Wildman–Crippen LogP) is 1.17. The number of hydrogen-bond acceptors (Lipinski definition) is 3. The van der Waals surface area contributed by atoms with E-state index >= 15 is 0 Å². The monoisotopic (exact) mass is 176 g/mol. The molecule has 0 spiro atoms. The van der Waals surface area contributed by atoms with Gasteiger partial charge in [0.1, 0.15) is 0 Å². The van der Waals surface area contributed by atoms with Crippen LogP contribution in [0, 0.1) is 0 Å². The fourth-order valence-electron chi connectivity index (χ4n) is 0.353. The molecule has 0 aromatic carbocycles. The largest absolute Gasteiger partial charge is 0.297 e. The van der Waals surface area contributed by atoms with Crippen LogP contribution in [0.25, 0.3) is 0 Å². The molecule has 0 heterocycles. The number of rotatable bonds is 4. The second-order valence-electron chi connectivity index (χ2n) is 1.68. The Kier molecular flexibility index (Phi) is 6.90. The molecular formula is C4H10F2O3S. The third kappa shape index (κ3) is 5.90. The van der Waals surface area contributed by atoms with Gasteiger partial charge in [0, 0.05) is 0 Å². The average molecular weight is 176 g/mol. The zero-order valence-electron chi connectivity index (χ0n) is 5.54. The summed E-state index contributed by atoms with van der Waals surface area (Å²) in [4.78, 5) is 0. The van der Waals surface area contributed by atoms with Crippen LogP contribution in [0.15, 0.2) is 0 Å². The smallest absolute Gasteiger partial charge is 0.269 e. The molecule has 0 unspecified atom stereocenters. The van der Waals surface area contributed by atoms with Crippen LogP contribution in [-0.4, -0.2) is 14.2 Å². The number of halogens is 2. The molecule has 0 fully saturated rings. The van der Waals surface area contributed by atoms with Crippen LogP contribution in [0.2, 0.25) is 0 Å². The van der Waals surface area contributed by atoms with Crippen molar-refractivity contribution in [3.05, 3.63) is 0 Å². The van der Waals surface area contributed by atoms with E-state index in [0.29, 0.717) is 12.8 Å². The first-order valence-corrected chi connectivity index (χ1v) is 4.23. The zero-order chi connectivity index (χ0) is 7.33. The molecule has 10 heavy (non-hydrogen) atoms. The summed E-state index contributed by atoms with van der Waals surface area (Å²) in [5, 5.41) is 0. The first-order valence-electron chi connectivity index (χ1n) is 2.65. The summed E-state index contributed by atoms with van der Waals surface area (Å²) in [5.74, 6) is -0.236. The molecule has 0 aromatic rings. The predicted molar refractivity (Wildman–Crippen MR) is 33.4 cm³/mol. The second kappa shape index (κ2) is 5.55. The van der Waals surface area contributed by atoms with E-state index in [2.05, 4.69) is 4.39 Å². The van der Waals surface area contributed by atoms with E-state index in [1.165, 1.54) is 0 Å². The van der Waals surface area contributed by atoms with Gasteiger partial charge in [-0.05, 0) is 10.9 Å². The fraction of sp³-hybridized carbons (Fsp3) is 1.00. The van der Waals surface area contributed by atoms with Gasteiger partial charge in [-0.2, -0.15) is 8.42 Å². The van der Waals surface area contributed by atoms with Crippen LogP contribution in [0.5, 0.6) is 0 Å². The lowest BCUT2D eigenvalue weighted by Gasteiger charge is -1.92. The lowest BCUT2D eigenvalue weighted by molar-refractivity contribution is 0.00290. The normalized spacial score (nSPS) is 10.6. The molecule has 0 atom stereocenters. The summed E-state index contributed by atoms with van der Waals surface area (Å²) in [5.41, 5.74) is 0. The quantitative estimate of drug-likeness (QED) is 0.645. The fourth-order valence-corrected chi connectivity index (χ4v) is 1.06. The Bertz CT molecular complexity index is 154. The average Bonchev–Trinajstić information content (AvgIpc) is 1.84. The Morgan fingerprint density at radius 1 is 1.50 bits per heavy atom. The Morgan fingerprint density at radius 3 is 2.30 bits per heavy atom. The lowest BCUT2D eigenvalue weighted by Crippen LogP contribution is -2.04. The van der Waals surface area contributed by atoms with Crippen molar-refractivity contribution in [1.29, 1.82) is 0 Å². The summed E-state index contributed by atoms with van der Waals surface area (Å²) in [6.07, 6.45) is 1.15. The van der Waals surface area contributed by atoms with Crippen LogP contribution in [0.3, 0.4) is 0 Å². The highest BCUT2D eigenvalue weighted by Gasteiger charge is 2.08. The maximum Gasteiger partial charge on any atom is 0.297 e. The zero-order valence-corrected chi connectivity index (χ0v) is 6.36. The molecule has 0 rings (SSSR count). The van der Waals surface area contributed by atoms with Crippen LogP contribution >= 0.6 is 0 Å². The van der Waals surface area contributed by atoms with E-state index in [4.69, 9.17) is 0 Å². The summed E-state index contributed by atoms with van der Waals surface area (Å²) >= 11 is 0. The highest BCUT2D eigenvalue weighted by Crippen LogP contribution is 1.98. The van der Waals surface area contributed by atoms with E-state index in [1.807, 2.05) is 6.92 Å². The molecule has 0 aliphatic rings. The molecule has 0 saturated carbocycles. The molecule has 0 aliphatic carbocycles.